The van der Waals surface area contributed by atoms with Gasteiger partial charge in [-0.05, 0) is 108 Å². The lowest BCUT2D eigenvalue weighted by molar-refractivity contribution is 1.59. The molecule has 0 spiro atoms. The molecule has 2 rings (SSSR count). The SMILES string of the molecule is Ic1cc(I)c2cccc(I)c2c1I. The highest BCUT2D eigenvalue weighted by Crippen LogP contribution is 2.32. The molecule has 0 N–H and O–H groups in total. The van der Waals surface area contributed by atoms with Crippen molar-refractivity contribution in [1.82, 2.24) is 0 Å². The van der Waals surface area contributed by atoms with Gasteiger partial charge in [-0.3, -0.25) is 0 Å². The molecular formula is C10H4I4. The number of hydrogen-bond donors (Lipinski definition) is 0. The van der Waals surface area contributed by atoms with Crippen LogP contribution in [0.5, 0.6) is 0 Å². The molecule has 0 nitrogen and oxygen atoms in total. The molecular weight excluding hydrogens is 628 g/mol. The van der Waals surface area contributed by atoms with E-state index in [1.165, 1.54) is 25.1 Å². The normalized spacial score (nSPS) is 10.9. The van der Waals surface area contributed by atoms with Crippen molar-refractivity contribution >= 4 is 101 Å². The fourth-order valence-corrected chi connectivity index (χ4v) is 5.28. The van der Waals surface area contributed by atoms with E-state index in [0.717, 1.165) is 0 Å². The Morgan fingerprint density at radius 3 is 2.21 bits per heavy atom. The van der Waals surface area contributed by atoms with Crippen LogP contribution in [0.1, 0.15) is 0 Å². The molecule has 2 aromatic rings. The summed E-state index contributed by atoms with van der Waals surface area (Å²) < 4.78 is 5.37. The third-order valence-corrected chi connectivity index (χ3v) is 6.75. The molecule has 2 aromatic carbocycles. The molecule has 0 aromatic heterocycles. The summed E-state index contributed by atoms with van der Waals surface area (Å²) in [4.78, 5) is 0. The molecule has 0 amide bonds. The predicted octanol–water partition coefficient (Wildman–Crippen LogP) is 5.26. The minimum atomic E-state index is 1.33. The standard InChI is InChI=1S/C10H4I4/c11-6-3-1-2-5-7(12)4-8(13)10(14)9(5)6/h1-4H. The van der Waals surface area contributed by atoms with Crippen molar-refractivity contribution in [2.24, 2.45) is 0 Å². The Morgan fingerprint density at radius 1 is 0.786 bits per heavy atom. The highest BCUT2D eigenvalue weighted by molar-refractivity contribution is 14.1. The Bertz CT molecular complexity index is 505. The molecule has 4 heteroatoms. The highest BCUT2D eigenvalue weighted by Gasteiger charge is 2.09. The van der Waals surface area contributed by atoms with Gasteiger partial charge < -0.3 is 0 Å². The summed E-state index contributed by atoms with van der Waals surface area (Å²) in [5.41, 5.74) is 0. The van der Waals surface area contributed by atoms with E-state index < -0.39 is 0 Å². The van der Waals surface area contributed by atoms with Crippen LogP contribution in [0.25, 0.3) is 10.8 Å². The zero-order valence-electron chi connectivity index (χ0n) is 6.82. The first-order chi connectivity index (χ1) is 6.61. The summed E-state index contributed by atoms with van der Waals surface area (Å²) in [5, 5.41) is 2.76. The van der Waals surface area contributed by atoms with Gasteiger partial charge in [0.05, 0.1) is 0 Å². The Kier molecular flexibility index (Phi) is 4.20. The van der Waals surface area contributed by atoms with Gasteiger partial charge >= 0.3 is 0 Å². The van der Waals surface area contributed by atoms with Gasteiger partial charge in [-0.1, -0.05) is 12.1 Å². The van der Waals surface area contributed by atoms with Crippen LogP contribution in [0.4, 0.5) is 0 Å². The van der Waals surface area contributed by atoms with Crippen LogP contribution in [0.3, 0.4) is 0 Å². The second-order valence-corrected chi connectivity index (χ2v) is 7.38. The lowest BCUT2D eigenvalue weighted by Crippen LogP contribution is -1.89. The number of benzene rings is 2. The fourth-order valence-electron chi connectivity index (χ4n) is 1.32. The molecule has 0 saturated carbocycles. The second kappa shape index (κ2) is 4.86. The Balaban J connectivity index is 3.03. The van der Waals surface area contributed by atoms with E-state index in [-0.39, 0.29) is 0 Å². The smallest absolute Gasteiger partial charge is 0.0353 e. The lowest BCUT2D eigenvalue weighted by atomic mass is 10.1. The van der Waals surface area contributed by atoms with Crippen LogP contribution in [-0.2, 0) is 0 Å². The number of fused-ring (bicyclic) bond motifs is 1. The summed E-state index contributed by atoms with van der Waals surface area (Å²) in [5.74, 6) is 0. The van der Waals surface area contributed by atoms with E-state index in [9.17, 15) is 0 Å². The van der Waals surface area contributed by atoms with Crippen molar-refractivity contribution in [3.63, 3.8) is 0 Å². The average Bonchev–Trinajstić information content (AvgIpc) is 2.14. The molecule has 72 valence electrons. The van der Waals surface area contributed by atoms with E-state index in [0.29, 0.717) is 0 Å². The quantitative estimate of drug-likeness (QED) is 0.275. The van der Waals surface area contributed by atoms with Gasteiger partial charge in [0.1, 0.15) is 0 Å². The molecule has 0 bridgehead atoms. The fraction of sp³-hybridized carbons (Fsp3) is 0. The topological polar surface area (TPSA) is 0 Å². The maximum atomic E-state index is 2.43. The second-order valence-electron chi connectivity index (χ2n) is 2.82. The first kappa shape index (κ1) is 12.1. The van der Waals surface area contributed by atoms with E-state index in [1.807, 2.05) is 0 Å². The molecule has 0 radical (unpaired) electrons. The molecule has 0 atom stereocenters. The Morgan fingerprint density at radius 2 is 1.50 bits per heavy atom. The molecule has 0 heterocycles. The van der Waals surface area contributed by atoms with Gasteiger partial charge in [0.2, 0.25) is 0 Å². The van der Waals surface area contributed by atoms with Gasteiger partial charge in [0.15, 0.2) is 0 Å². The Hall–Kier alpha value is 1.62. The zero-order chi connectivity index (χ0) is 10.3. The van der Waals surface area contributed by atoms with E-state index in [4.69, 9.17) is 0 Å². The molecule has 14 heavy (non-hydrogen) atoms. The van der Waals surface area contributed by atoms with Gasteiger partial charge in [-0.15, -0.1) is 0 Å². The monoisotopic (exact) mass is 632 g/mol. The summed E-state index contributed by atoms with van der Waals surface area (Å²) in [7, 11) is 0. The van der Waals surface area contributed by atoms with Crippen molar-refractivity contribution in [1.29, 1.82) is 0 Å². The summed E-state index contributed by atoms with van der Waals surface area (Å²) >= 11 is 9.64. The molecule has 0 aliphatic heterocycles. The third kappa shape index (κ3) is 2.17. The first-order valence-electron chi connectivity index (χ1n) is 3.83. The molecule has 0 fully saturated rings. The van der Waals surface area contributed by atoms with E-state index in [2.05, 4.69) is 115 Å². The van der Waals surface area contributed by atoms with Crippen molar-refractivity contribution in [2.45, 2.75) is 0 Å². The minimum Gasteiger partial charge on any atom is -0.0605 e. The van der Waals surface area contributed by atoms with E-state index >= 15 is 0 Å². The molecule has 0 saturated heterocycles. The van der Waals surface area contributed by atoms with Crippen LogP contribution >= 0.6 is 90.4 Å². The number of halogens is 4. The van der Waals surface area contributed by atoms with Crippen LogP contribution in [-0.4, -0.2) is 0 Å². The summed E-state index contributed by atoms with van der Waals surface area (Å²) in [6.07, 6.45) is 0. The van der Waals surface area contributed by atoms with Gasteiger partial charge in [0, 0.05) is 19.7 Å². The summed E-state index contributed by atoms with van der Waals surface area (Å²) in [6, 6.07) is 8.71. The number of hydrogen-bond acceptors (Lipinski definition) is 0. The number of rotatable bonds is 0. The predicted molar refractivity (Wildman–Crippen MR) is 94.8 cm³/mol. The lowest BCUT2D eigenvalue weighted by Gasteiger charge is -2.07. The van der Waals surface area contributed by atoms with Crippen molar-refractivity contribution in [3.8, 4) is 0 Å². The zero-order valence-corrected chi connectivity index (χ0v) is 15.5. The molecule has 0 aliphatic rings. The van der Waals surface area contributed by atoms with Crippen molar-refractivity contribution < 1.29 is 0 Å². The van der Waals surface area contributed by atoms with Crippen LogP contribution in [0.2, 0.25) is 0 Å². The first-order valence-corrected chi connectivity index (χ1v) is 8.14. The molecule has 0 aliphatic carbocycles. The van der Waals surface area contributed by atoms with Crippen LogP contribution in [0.15, 0.2) is 24.3 Å². The van der Waals surface area contributed by atoms with Gasteiger partial charge in [0.25, 0.3) is 0 Å². The van der Waals surface area contributed by atoms with Crippen LogP contribution < -0.4 is 0 Å². The highest BCUT2D eigenvalue weighted by atomic mass is 127. The van der Waals surface area contributed by atoms with Crippen molar-refractivity contribution in [2.75, 3.05) is 0 Å². The van der Waals surface area contributed by atoms with Gasteiger partial charge in [-0.25, -0.2) is 0 Å². The maximum Gasteiger partial charge on any atom is 0.0353 e. The van der Waals surface area contributed by atoms with Crippen molar-refractivity contribution in [3.05, 3.63) is 38.5 Å². The van der Waals surface area contributed by atoms with Crippen LogP contribution in [0, 0.1) is 14.3 Å². The third-order valence-electron chi connectivity index (χ3n) is 1.95. The minimum absolute atomic E-state index is 1.33. The Labute approximate surface area is 137 Å². The van der Waals surface area contributed by atoms with E-state index in [1.54, 1.807) is 0 Å². The largest absolute Gasteiger partial charge is 0.0605 e. The maximum absolute atomic E-state index is 2.43. The summed E-state index contributed by atoms with van der Waals surface area (Å²) in [6.45, 7) is 0. The average molecular weight is 632 g/mol. The van der Waals surface area contributed by atoms with Gasteiger partial charge in [-0.2, -0.15) is 0 Å². The molecule has 0 unspecified atom stereocenters.